The Labute approximate surface area is 185 Å². The fourth-order valence-corrected chi connectivity index (χ4v) is 4.74. The van der Waals surface area contributed by atoms with Gasteiger partial charge in [0, 0.05) is 17.0 Å². The standard InChI is InChI=1S/C24H22ClN4O2/c1-24(31)12-17(13-24)21-20-14-27-9-10-29(20,26)23(28-21)18-8-7-16(11-19(18)25)22(30)15-5-3-2-4-6-15/h2-11,14,17,31H,12-13,26H2,1H3/q+1. The Morgan fingerprint density at radius 3 is 2.61 bits per heavy atom. The minimum absolute atomic E-state index is 0.0970. The number of halogens is 1. The summed E-state index contributed by atoms with van der Waals surface area (Å²) in [6.45, 7) is 1.83. The number of rotatable bonds is 4. The van der Waals surface area contributed by atoms with Crippen LogP contribution in [0, 0.1) is 5.92 Å². The maximum absolute atomic E-state index is 12.8. The lowest BCUT2D eigenvalue weighted by Crippen LogP contribution is -2.53. The minimum Gasteiger partial charge on any atom is -0.390 e. The van der Waals surface area contributed by atoms with Crippen molar-refractivity contribution in [1.82, 2.24) is 0 Å². The number of allylic oxidation sites excluding steroid dienone is 2. The molecule has 2 aliphatic heterocycles. The first-order valence-electron chi connectivity index (χ1n) is 10.1. The Bertz CT molecular complexity index is 1210. The number of nitrogens with two attached hydrogens (primary N) is 1. The molecule has 1 atom stereocenters. The van der Waals surface area contributed by atoms with Crippen molar-refractivity contribution >= 4 is 29.4 Å². The van der Waals surface area contributed by atoms with Gasteiger partial charge >= 0.3 is 0 Å². The third kappa shape index (κ3) is 3.28. The maximum Gasteiger partial charge on any atom is 0.266 e. The molecule has 0 amide bonds. The molecule has 0 bridgehead atoms. The Balaban J connectivity index is 1.52. The van der Waals surface area contributed by atoms with Crippen LogP contribution in [0.4, 0.5) is 0 Å². The molecule has 3 N–H and O–H groups in total. The molecule has 5 rings (SSSR count). The molecule has 0 spiro atoms. The number of ketones is 1. The van der Waals surface area contributed by atoms with Crippen molar-refractivity contribution < 1.29 is 14.5 Å². The summed E-state index contributed by atoms with van der Waals surface area (Å²) in [5, 5.41) is 10.6. The Kier molecular flexibility index (Phi) is 4.57. The molecule has 1 saturated carbocycles. The Hall–Kier alpha value is -2.90. The van der Waals surface area contributed by atoms with Gasteiger partial charge in [-0.1, -0.05) is 48.0 Å². The molecule has 6 nitrogen and oxygen atoms in total. The van der Waals surface area contributed by atoms with E-state index in [4.69, 9.17) is 22.4 Å². The minimum atomic E-state index is -0.681. The number of quaternary nitrogens is 1. The van der Waals surface area contributed by atoms with Crippen LogP contribution in [0.2, 0.25) is 5.02 Å². The fraction of sp³-hybridized carbons (Fsp3) is 0.208. The summed E-state index contributed by atoms with van der Waals surface area (Å²) in [6.07, 6.45) is 6.37. The number of amidine groups is 1. The molecule has 0 aromatic heterocycles. The van der Waals surface area contributed by atoms with Gasteiger partial charge in [0.2, 0.25) is 5.70 Å². The van der Waals surface area contributed by atoms with Crippen molar-refractivity contribution in [2.45, 2.75) is 25.4 Å². The zero-order valence-corrected chi connectivity index (χ0v) is 17.8. The highest BCUT2D eigenvalue weighted by Crippen LogP contribution is 2.47. The van der Waals surface area contributed by atoms with E-state index < -0.39 is 5.60 Å². The molecule has 0 radical (unpaired) electrons. The zero-order valence-electron chi connectivity index (χ0n) is 17.0. The van der Waals surface area contributed by atoms with Crippen LogP contribution in [0.3, 0.4) is 0 Å². The fourth-order valence-electron chi connectivity index (χ4n) is 4.48. The second kappa shape index (κ2) is 7.07. The SMILES string of the molecule is CC1(O)CC(C2=C3C=NC=C[N+]3(N)C(c3ccc(C(=O)c4ccccc4)cc3Cl)=N2)C1. The lowest BCUT2D eigenvalue weighted by atomic mass is 9.70. The van der Waals surface area contributed by atoms with Crippen molar-refractivity contribution in [3.05, 3.63) is 94.0 Å². The van der Waals surface area contributed by atoms with E-state index in [0.717, 1.165) is 11.4 Å². The highest BCUT2D eigenvalue weighted by Gasteiger charge is 2.50. The lowest BCUT2D eigenvalue weighted by molar-refractivity contribution is -0.750. The monoisotopic (exact) mass is 433 g/mol. The Morgan fingerprint density at radius 2 is 1.94 bits per heavy atom. The highest BCUT2D eigenvalue weighted by atomic mass is 35.5. The van der Waals surface area contributed by atoms with Gasteiger partial charge in [-0.2, -0.15) is 10.8 Å². The van der Waals surface area contributed by atoms with Crippen LogP contribution >= 0.6 is 11.6 Å². The van der Waals surface area contributed by atoms with Gasteiger partial charge in [-0.15, -0.1) is 4.59 Å². The van der Waals surface area contributed by atoms with Gasteiger partial charge in [0.25, 0.3) is 5.84 Å². The van der Waals surface area contributed by atoms with Crippen molar-refractivity contribution in [1.29, 1.82) is 0 Å². The second-order valence-electron chi connectivity index (χ2n) is 8.55. The number of nitrogens with zero attached hydrogens (tertiary/aromatic N) is 3. The number of fused-ring (bicyclic) bond motifs is 1. The van der Waals surface area contributed by atoms with Gasteiger partial charge < -0.3 is 5.11 Å². The molecule has 3 aliphatic rings. The molecule has 156 valence electrons. The number of aliphatic hydroxyl groups is 1. The second-order valence-corrected chi connectivity index (χ2v) is 8.96. The number of hydrogen-bond donors (Lipinski definition) is 2. The first-order valence-corrected chi connectivity index (χ1v) is 10.5. The first kappa shape index (κ1) is 20.0. The normalized spacial score (nSPS) is 28.9. The zero-order chi connectivity index (χ0) is 21.8. The first-order chi connectivity index (χ1) is 14.8. The number of hydrogen-bond acceptors (Lipinski definition) is 5. The van der Waals surface area contributed by atoms with Gasteiger partial charge in [-0.25, -0.2) is 0 Å². The molecular formula is C24H22ClN4O2+. The van der Waals surface area contributed by atoms with Crippen LogP contribution in [0.5, 0.6) is 0 Å². The summed E-state index contributed by atoms with van der Waals surface area (Å²) in [5.74, 6) is 7.34. The van der Waals surface area contributed by atoms with Crippen LogP contribution in [0.25, 0.3) is 0 Å². The summed E-state index contributed by atoms with van der Waals surface area (Å²) in [4.78, 5) is 21.9. The molecule has 2 heterocycles. The van der Waals surface area contributed by atoms with Crippen LogP contribution in [0.1, 0.15) is 41.3 Å². The summed E-state index contributed by atoms with van der Waals surface area (Å²) < 4.78 is -0.136. The van der Waals surface area contributed by atoms with E-state index in [1.165, 1.54) is 0 Å². The van der Waals surface area contributed by atoms with Crippen molar-refractivity contribution in [3.8, 4) is 0 Å². The van der Waals surface area contributed by atoms with Crippen LogP contribution in [-0.2, 0) is 0 Å². The third-order valence-electron chi connectivity index (χ3n) is 6.09. The summed E-state index contributed by atoms with van der Waals surface area (Å²) >= 11 is 6.64. The van der Waals surface area contributed by atoms with Crippen molar-refractivity contribution in [2.75, 3.05) is 0 Å². The highest BCUT2D eigenvalue weighted by molar-refractivity contribution is 6.34. The molecule has 1 aliphatic carbocycles. The number of benzene rings is 2. The largest absolute Gasteiger partial charge is 0.390 e. The average molecular weight is 434 g/mol. The van der Waals surface area contributed by atoms with E-state index in [0.29, 0.717) is 40.4 Å². The van der Waals surface area contributed by atoms with E-state index in [1.54, 1.807) is 48.9 Å². The third-order valence-corrected chi connectivity index (χ3v) is 6.40. The van der Waals surface area contributed by atoms with Gasteiger partial charge in [0.1, 0.15) is 11.9 Å². The van der Waals surface area contributed by atoms with Crippen LogP contribution in [0.15, 0.2) is 82.3 Å². The van der Waals surface area contributed by atoms with Gasteiger partial charge in [0.05, 0.1) is 28.6 Å². The maximum atomic E-state index is 12.8. The molecule has 2 aromatic carbocycles. The summed E-state index contributed by atoms with van der Waals surface area (Å²) in [5.41, 5.74) is 2.69. The summed E-state index contributed by atoms with van der Waals surface area (Å²) in [7, 11) is 0. The molecule has 0 saturated heterocycles. The van der Waals surface area contributed by atoms with Gasteiger partial charge in [-0.05, 0) is 31.9 Å². The molecular weight excluding hydrogens is 412 g/mol. The average Bonchev–Trinajstić information content (AvgIpc) is 3.04. The molecule has 7 heteroatoms. The smallest absolute Gasteiger partial charge is 0.266 e. The Morgan fingerprint density at radius 1 is 1.19 bits per heavy atom. The van der Waals surface area contributed by atoms with Crippen LogP contribution < -0.4 is 5.84 Å². The van der Waals surface area contributed by atoms with E-state index in [1.807, 2.05) is 25.1 Å². The van der Waals surface area contributed by atoms with Crippen molar-refractivity contribution in [3.63, 3.8) is 0 Å². The lowest BCUT2D eigenvalue weighted by Gasteiger charge is -2.40. The predicted octanol–water partition coefficient (Wildman–Crippen LogP) is 3.95. The van der Waals surface area contributed by atoms with Crippen LogP contribution in [-0.4, -0.2) is 33.1 Å². The molecule has 1 unspecified atom stereocenters. The number of carbonyl (C=O) groups is 1. The predicted molar refractivity (Wildman–Crippen MR) is 120 cm³/mol. The topological polar surface area (TPSA) is 88.0 Å². The number of carbonyl (C=O) groups excluding carboxylic acids is 1. The molecule has 2 aromatic rings. The van der Waals surface area contributed by atoms with Gasteiger partial charge in [0.15, 0.2) is 5.78 Å². The quantitative estimate of drug-likeness (QED) is 0.434. The van der Waals surface area contributed by atoms with E-state index in [-0.39, 0.29) is 16.3 Å². The summed E-state index contributed by atoms with van der Waals surface area (Å²) in [6, 6.07) is 14.3. The van der Waals surface area contributed by atoms with Gasteiger partial charge in [-0.3, -0.25) is 9.79 Å². The van der Waals surface area contributed by atoms with E-state index in [9.17, 15) is 9.90 Å². The number of aliphatic imine (C=N–C) groups is 2. The van der Waals surface area contributed by atoms with Crippen molar-refractivity contribution in [2.24, 2.45) is 21.7 Å². The molecule has 1 fully saturated rings. The molecule has 31 heavy (non-hydrogen) atoms. The van der Waals surface area contributed by atoms with E-state index >= 15 is 0 Å². The van der Waals surface area contributed by atoms with E-state index in [2.05, 4.69) is 4.99 Å².